The molecule has 19 heavy (non-hydrogen) atoms. The van der Waals surface area contributed by atoms with E-state index in [4.69, 9.17) is 5.73 Å². The van der Waals surface area contributed by atoms with Gasteiger partial charge in [-0.2, -0.15) is 0 Å². The number of carbonyl (C=O) groups is 1. The Morgan fingerprint density at radius 1 is 1.47 bits per heavy atom. The van der Waals surface area contributed by atoms with Gasteiger partial charge in [0.2, 0.25) is 0 Å². The summed E-state index contributed by atoms with van der Waals surface area (Å²) in [6.07, 6.45) is 3.32. The lowest BCUT2D eigenvalue weighted by Crippen LogP contribution is -2.47. The third kappa shape index (κ3) is 2.83. The number of nitrogen functional groups attached to an aromatic ring is 1. The third-order valence-corrected chi connectivity index (χ3v) is 4.62. The van der Waals surface area contributed by atoms with Crippen molar-refractivity contribution in [2.45, 2.75) is 52.1 Å². The Kier molecular flexibility index (Phi) is 4.29. The van der Waals surface area contributed by atoms with Crippen molar-refractivity contribution in [2.24, 2.45) is 0 Å². The molecule has 1 saturated heterocycles. The van der Waals surface area contributed by atoms with Crippen LogP contribution >= 0.6 is 11.3 Å². The van der Waals surface area contributed by atoms with Crippen molar-refractivity contribution < 1.29 is 4.79 Å². The second-order valence-electron chi connectivity index (χ2n) is 5.11. The summed E-state index contributed by atoms with van der Waals surface area (Å²) >= 11 is 1.35. The molecule has 1 fully saturated rings. The Balaban J connectivity index is 2.22. The standard InChI is InChI=1S/C13H22N4OS/c1-4-15-13-16-11(14)10(19-13)12(18)17-8(2)6-5-7-9(17)3/h8-9H,4-7,14H2,1-3H3,(H,15,16)/t8-,9+. The Hall–Kier alpha value is -1.30. The van der Waals surface area contributed by atoms with Gasteiger partial charge in [0.1, 0.15) is 10.7 Å². The fourth-order valence-corrected chi connectivity index (χ4v) is 3.55. The first-order chi connectivity index (χ1) is 9.04. The Morgan fingerprint density at radius 2 is 2.11 bits per heavy atom. The van der Waals surface area contributed by atoms with Crippen LogP contribution in [0.2, 0.25) is 0 Å². The molecule has 2 atom stereocenters. The van der Waals surface area contributed by atoms with Crippen LogP contribution in [0.3, 0.4) is 0 Å². The van der Waals surface area contributed by atoms with Gasteiger partial charge in [0.25, 0.3) is 5.91 Å². The van der Waals surface area contributed by atoms with Crippen molar-refractivity contribution in [3.8, 4) is 0 Å². The second-order valence-corrected chi connectivity index (χ2v) is 6.10. The fraction of sp³-hybridized carbons (Fsp3) is 0.692. The van der Waals surface area contributed by atoms with Gasteiger partial charge in [0.05, 0.1) is 0 Å². The largest absolute Gasteiger partial charge is 0.382 e. The number of piperidine rings is 1. The minimum Gasteiger partial charge on any atom is -0.382 e. The van der Waals surface area contributed by atoms with Gasteiger partial charge in [0.15, 0.2) is 5.13 Å². The first-order valence-electron chi connectivity index (χ1n) is 6.87. The van der Waals surface area contributed by atoms with Gasteiger partial charge in [-0.05, 0) is 40.0 Å². The van der Waals surface area contributed by atoms with Gasteiger partial charge < -0.3 is 16.0 Å². The van der Waals surface area contributed by atoms with E-state index in [0.29, 0.717) is 10.7 Å². The molecule has 0 spiro atoms. The quantitative estimate of drug-likeness (QED) is 0.894. The number of anilines is 2. The van der Waals surface area contributed by atoms with Gasteiger partial charge in [-0.3, -0.25) is 4.79 Å². The Labute approximate surface area is 118 Å². The smallest absolute Gasteiger partial charge is 0.268 e. The number of rotatable bonds is 3. The van der Waals surface area contributed by atoms with Crippen molar-refractivity contribution in [1.29, 1.82) is 0 Å². The van der Waals surface area contributed by atoms with Crippen LogP contribution in [0.15, 0.2) is 0 Å². The molecule has 0 aromatic carbocycles. The van der Waals surface area contributed by atoms with Crippen molar-refractivity contribution in [1.82, 2.24) is 9.88 Å². The monoisotopic (exact) mass is 282 g/mol. The van der Waals surface area contributed by atoms with Gasteiger partial charge in [-0.15, -0.1) is 0 Å². The summed E-state index contributed by atoms with van der Waals surface area (Å²) in [5, 5.41) is 3.83. The first-order valence-corrected chi connectivity index (χ1v) is 7.69. The lowest BCUT2D eigenvalue weighted by molar-refractivity contribution is 0.0516. The number of hydrogen-bond acceptors (Lipinski definition) is 5. The molecule has 1 aromatic rings. The second kappa shape index (κ2) is 5.77. The van der Waals surface area contributed by atoms with Crippen LogP contribution in [-0.4, -0.2) is 34.4 Å². The van der Waals surface area contributed by atoms with E-state index in [1.165, 1.54) is 17.8 Å². The van der Waals surface area contributed by atoms with E-state index in [0.717, 1.165) is 24.5 Å². The number of nitrogens with one attached hydrogen (secondary N) is 1. The van der Waals surface area contributed by atoms with E-state index in [2.05, 4.69) is 24.1 Å². The highest BCUT2D eigenvalue weighted by Gasteiger charge is 2.32. The molecule has 2 rings (SSSR count). The normalized spacial score (nSPS) is 23.4. The molecule has 2 heterocycles. The molecule has 0 aliphatic carbocycles. The van der Waals surface area contributed by atoms with E-state index in [-0.39, 0.29) is 18.0 Å². The summed E-state index contributed by atoms with van der Waals surface area (Å²) in [7, 11) is 0. The maximum atomic E-state index is 12.6. The van der Waals surface area contributed by atoms with Crippen LogP contribution < -0.4 is 11.1 Å². The van der Waals surface area contributed by atoms with Gasteiger partial charge in [-0.1, -0.05) is 11.3 Å². The van der Waals surface area contributed by atoms with E-state index in [1.54, 1.807) is 0 Å². The summed E-state index contributed by atoms with van der Waals surface area (Å²) in [5.41, 5.74) is 5.88. The average Bonchev–Trinajstić information content (AvgIpc) is 2.70. The highest BCUT2D eigenvalue weighted by Crippen LogP contribution is 2.30. The minimum absolute atomic E-state index is 0.0267. The molecular formula is C13H22N4OS. The fourth-order valence-electron chi connectivity index (χ4n) is 2.65. The summed E-state index contributed by atoms with van der Waals surface area (Å²) in [6, 6.07) is 0.556. The summed E-state index contributed by atoms with van der Waals surface area (Å²) in [4.78, 5) is 19.4. The van der Waals surface area contributed by atoms with Crippen LogP contribution in [-0.2, 0) is 0 Å². The molecule has 6 heteroatoms. The summed E-state index contributed by atoms with van der Waals surface area (Å²) < 4.78 is 0. The number of thiazole rings is 1. The zero-order chi connectivity index (χ0) is 14.0. The molecule has 1 aliphatic heterocycles. The topological polar surface area (TPSA) is 71.2 Å². The molecule has 1 aromatic heterocycles. The van der Waals surface area contributed by atoms with Crippen LogP contribution in [0.25, 0.3) is 0 Å². The maximum absolute atomic E-state index is 12.6. The average molecular weight is 282 g/mol. The Bertz CT molecular complexity index is 449. The number of nitrogens with zero attached hydrogens (tertiary/aromatic N) is 2. The lowest BCUT2D eigenvalue weighted by atomic mass is 9.97. The third-order valence-electron chi connectivity index (χ3n) is 3.60. The summed E-state index contributed by atoms with van der Waals surface area (Å²) in [6.45, 7) is 6.98. The van der Waals surface area contributed by atoms with Crippen LogP contribution in [0.5, 0.6) is 0 Å². The number of carbonyl (C=O) groups excluding carboxylic acids is 1. The predicted molar refractivity (Wildman–Crippen MR) is 79.6 cm³/mol. The lowest BCUT2D eigenvalue weighted by Gasteiger charge is -2.38. The van der Waals surface area contributed by atoms with E-state index < -0.39 is 0 Å². The first kappa shape index (κ1) is 14.1. The number of aromatic nitrogens is 1. The molecule has 0 unspecified atom stereocenters. The molecule has 0 bridgehead atoms. The molecular weight excluding hydrogens is 260 g/mol. The van der Waals surface area contributed by atoms with Crippen molar-refractivity contribution in [3.05, 3.63) is 4.88 Å². The molecule has 1 aliphatic rings. The number of likely N-dealkylation sites (tertiary alicyclic amines) is 1. The molecule has 3 N–H and O–H groups in total. The number of hydrogen-bond donors (Lipinski definition) is 2. The molecule has 0 radical (unpaired) electrons. The zero-order valence-electron chi connectivity index (χ0n) is 11.8. The van der Waals surface area contributed by atoms with Gasteiger partial charge in [0, 0.05) is 18.6 Å². The number of amides is 1. The molecule has 106 valence electrons. The van der Waals surface area contributed by atoms with Crippen molar-refractivity contribution >= 4 is 28.2 Å². The predicted octanol–water partition coefficient (Wildman–Crippen LogP) is 2.56. The van der Waals surface area contributed by atoms with Crippen molar-refractivity contribution in [3.63, 3.8) is 0 Å². The van der Waals surface area contributed by atoms with Crippen LogP contribution in [0, 0.1) is 0 Å². The molecule has 1 amide bonds. The van der Waals surface area contributed by atoms with E-state index in [9.17, 15) is 4.79 Å². The van der Waals surface area contributed by atoms with Gasteiger partial charge >= 0.3 is 0 Å². The summed E-state index contributed by atoms with van der Waals surface area (Å²) in [5.74, 6) is 0.370. The van der Waals surface area contributed by atoms with E-state index >= 15 is 0 Å². The molecule has 5 nitrogen and oxygen atoms in total. The highest BCUT2D eigenvalue weighted by atomic mass is 32.1. The highest BCUT2D eigenvalue weighted by molar-refractivity contribution is 7.18. The van der Waals surface area contributed by atoms with Crippen LogP contribution in [0.4, 0.5) is 10.9 Å². The molecule has 0 saturated carbocycles. The zero-order valence-corrected chi connectivity index (χ0v) is 12.6. The SMILES string of the molecule is CCNc1nc(N)c(C(=O)N2[C@H](C)CCC[C@@H]2C)s1. The van der Waals surface area contributed by atoms with Crippen molar-refractivity contribution in [2.75, 3.05) is 17.6 Å². The maximum Gasteiger partial charge on any atom is 0.268 e. The van der Waals surface area contributed by atoms with E-state index in [1.807, 2.05) is 11.8 Å². The minimum atomic E-state index is 0.0267. The van der Waals surface area contributed by atoms with Gasteiger partial charge in [-0.25, -0.2) is 4.98 Å². The number of nitrogens with two attached hydrogens (primary N) is 1. The Morgan fingerprint density at radius 3 is 2.68 bits per heavy atom. The van der Waals surface area contributed by atoms with Crippen LogP contribution in [0.1, 0.15) is 49.7 Å².